The third-order valence-electron chi connectivity index (χ3n) is 6.13. The number of hydrogen-bond acceptors (Lipinski definition) is 11. The van der Waals surface area contributed by atoms with Crippen LogP contribution in [0, 0.1) is 5.92 Å². The van der Waals surface area contributed by atoms with Gasteiger partial charge in [-0.25, -0.2) is 14.4 Å². The van der Waals surface area contributed by atoms with E-state index in [2.05, 4.69) is 16.6 Å². The molecule has 1 aliphatic heterocycles. The highest BCUT2D eigenvalue weighted by Crippen LogP contribution is 2.42. The highest BCUT2D eigenvalue weighted by atomic mass is 19.4. The summed E-state index contributed by atoms with van der Waals surface area (Å²) in [6.45, 7) is 5.02. The van der Waals surface area contributed by atoms with E-state index in [1.807, 2.05) is 0 Å². The fraction of sp³-hybridized carbons (Fsp3) is 0.345. The average molecular weight is 624 g/mol. The molecule has 3 rings (SSSR count). The van der Waals surface area contributed by atoms with E-state index < -0.39 is 66.7 Å². The molecule has 0 bridgehead atoms. The smallest absolute Gasteiger partial charge is 0.414 e. The van der Waals surface area contributed by atoms with E-state index in [9.17, 15) is 37.1 Å². The fourth-order valence-electron chi connectivity index (χ4n) is 4.44. The van der Waals surface area contributed by atoms with E-state index in [-0.39, 0.29) is 17.9 Å². The zero-order chi connectivity index (χ0) is 32.6. The second-order valence-corrected chi connectivity index (χ2v) is 9.17. The molecule has 236 valence electrons. The van der Waals surface area contributed by atoms with Crippen molar-refractivity contribution < 1.29 is 65.6 Å². The minimum Gasteiger partial charge on any atom is -0.467 e. The summed E-state index contributed by atoms with van der Waals surface area (Å²) in [7, 11) is 0.849. The van der Waals surface area contributed by atoms with Crippen LogP contribution in [0.2, 0.25) is 0 Å². The Morgan fingerprint density at radius 2 is 1.50 bits per heavy atom. The number of methoxy groups -OCH3 is 1. The summed E-state index contributed by atoms with van der Waals surface area (Å²) >= 11 is 0. The first-order chi connectivity index (χ1) is 20.8. The third-order valence-corrected chi connectivity index (χ3v) is 6.13. The molecule has 5 atom stereocenters. The molecule has 0 aliphatic carbocycles. The van der Waals surface area contributed by atoms with Gasteiger partial charge in [0.25, 0.3) is 0 Å². The Kier molecular flexibility index (Phi) is 11.1. The standard InChI is InChI=1S/C29H28F3NO11/c1-5-14-40-25(36)19-12-7-6-10-17(19)18-11-8-9-13-20(18)33-28(38)44-27-23(42-16(3)35)21(29(30,31)32)22(41-15(2)34)24(43-27)26(37)39-4/h5-13,21-24,27H,1,14H2,2-4H3,(H,33,38). The van der Waals surface area contributed by atoms with Gasteiger partial charge in [-0.1, -0.05) is 49.1 Å². The van der Waals surface area contributed by atoms with Gasteiger partial charge in [0.15, 0.2) is 18.3 Å². The number of benzene rings is 2. The number of ether oxygens (including phenoxy) is 6. The monoisotopic (exact) mass is 623 g/mol. The SMILES string of the molecule is C=CCOC(=O)c1ccccc1-c1ccccc1NC(=O)OC1OC(C(=O)OC)C(OC(C)=O)C(C(F)(F)F)C1OC(C)=O. The molecule has 0 aromatic heterocycles. The van der Waals surface area contributed by atoms with Gasteiger partial charge in [0, 0.05) is 19.4 Å². The lowest BCUT2D eigenvalue weighted by atomic mass is 9.87. The molecule has 1 saturated heterocycles. The Morgan fingerprint density at radius 1 is 0.909 bits per heavy atom. The van der Waals surface area contributed by atoms with Gasteiger partial charge in [-0.3, -0.25) is 14.9 Å². The van der Waals surface area contributed by atoms with E-state index in [0.717, 1.165) is 21.0 Å². The minimum atomic E-state index is -5.26. The van der Waals surface area contributed by atoms with Crippen molar-refractivity contribution in [2.24, 2.45) is 5.92 Å². The summed E-state index contributed by atoms with van der Waals surface area (Å²) in [5, 5.41) is 2.36. The molecule has 1 amide bonds. The number of amides is 1. The quantitative estimate of drug-likeness (QED) is 0.243. The molecule has 12 nitrogen and oxygen atoms in total. The number of carbonyl (C=O) groups is 5. The highest BCUT2D eigenvalue weighted by Gasteiger charge is 2.63. The zero-order valence-electron chi connectivity index (χ0n) is 23.6. The maximum atomic E-state index is 14.4. The van der Waals surface area contributed by atoms with Crippen LogP contribution in [0.25, 0.3) is 11.1 Å². The molecular weight excluding hydrogens is 595 g/mol. The molecular formula is C29H28F3NO11. The van der Waals surface area contributed by atoms with Crippen molar-refractivity contribution in [3.63, 3.8) is 0 Å². The maximum Gasteiger partial charge on any atom is 0.414 e. The number of hydrogen-bond donors (Lipinski definition) is 1. The van der Waals surface area contributed by atoms with Crippen molar-refractivity contribution in [1.82, 2.24) is 0 Å². The molecule has 0 spiro atoms. The Balaban J connectivity index is 1.98. The van der Waals surface area contributed by atoms with Crippen molar-refractivity contribution in [3.8, 4) is 11.1 Å². The zero-order valence-corrected chi connectivity index (χ0v) is 23.6. The summed E-state index contributed by atoms with van der Waals surface area (Å²) in [5.74, 6) is -7.36. The van der Waals surface area contributed by atoms with Crippen LogP contribution in [0.5, 0.6) is 0 Å². The van der Waals surface area contributed by atoms with Crippen LogP contribution in [0.3, 0.4) is 0 Å². The normalized spacial score (nSPS) is 21.3. The van der Waals surface area contributed by atoms with Gasteiger partial charge in [-0.05, 0) is 17.7 Å². The Hall–Kier alpha value is -4.92. The fourth-order valence-corrected chi connectivity index (χ4v) is 4.44. The molecule has 2 aromatic carbocycles. The van der Waals surface area contributed by atoms with E-state index in [0.29, 0.717) is 11.1 Å². The summed E-state index contributed by atoms with van der Waals surface area (Å²) in [6.07, 6.45) is -14.6. The molecule has 1 aliphatic rings. The predicted molar refractivity (Wildman–Crippen MR) is 144 cm³/mol. The summed E-state index contributed by atoms with van der Waals surface area (Å²) in [4.78, 5) is 61.6. The van der Waals surface area contributed by atoms with Crippen molar-refractivity contribution in [2.75, 3.05) is 19.0 Å². The average Bonchev–Trinajstić information content (AvgIpc) is 2.95. The molecule has 1 heterocycles. The van der Waals surface area contributed by atoms with Gasteiger partial charge < -0.3 is 28.4 Å². The van der Waals surface area contributed by atoms with E-state index in [4.69, 9.17) is 23.7 Å². The number of alkyl halides is 3. The van der Waals surface area contributed by atoms with Crippen LogP contribution in [0.4, 0.5) is 23.7 Å². The maximum absolute atomic E-state index is 14.4. The topological polar surface area (TPSA) is 153 Å². The van der Waals surface area contributed by atoms with Crippen molar-refractivity contribution >= 4 is 35.7 Å². The summed E-state index contributed by atoms with van der Waals surface area (Å²) in [6, 6.07) is 12.4. The van der Waals surface area contributed by atoms with Crippen LogP contribution < -0.4 is 5.32 Å². The number of rotatable bonds is 9. The van der Waals surface area contributed by atoms with Gasteiger partial charge in [0.1, 0.15) is 12.5 Å². The number of anilines is 1. The number of esters is 4. The predicted octanol–water partition coefficient (Wildman–Crippen LogP) is 4.18. The van der Waals surface area contributed by atoms with Crippen LogP contribution in [-0.4, -0.2) is 74.5 Å². The summed E-state index contributed by atoms with van der Waals surface area (Å²) < 4.78 is 72.8. The second-order valence-electron chi connectivity index (χ2n) is 9.17. The highest BCUT2D eigenvalue weighted by molar-refractivity contribution is 6.01. The van der Waals surface area contributed by atoms with Crippen molar-refractivity contribution in [3.05, 3.63) is 66.7 Å². The van der Waals surface area contributed by atoms with E-state index >= 15 is 0 Å². The first-order valence-electron chi connectivity index (χ1n) is 12.9. The van der Waals surface area contributed by atoms with Crippen molar-refractivity contribution in [2.45, 2.75) is 44.6 Å². The lowest BCUT2D eigenvalue weighted by Crippen LogP contribution is -2.64. The Bertz CT molecular complexity index is 1410. The lowest BCUT2D eigenvalue weighted by molar-refractivity contribution is -0.322. The van der Waals surface area contributed by atoms with Crippen molar-refractivity contribution in [1.29, 1.82) is 0 Å². The van der Waals surface area contributed by atoms with Gasteiger partial charge in [0.2, 0.25) is 6.29 Å². The molecule has 0 saturated carbocycles. The van der Waals surface area contributed by atoms with Crippen LogP contribution in [0.1, 0.15) is 24.2 Å². The molecule has 0 radical (unpaired) electrons. The van der Waals surface area contributed by atoms with Crippen LogP contribution in [-0.2, 0) is 42.8 Å². The molecule has 44 heavy (non-hydrogen) atoms. The first kappa shape index (κ1) is 33.6. The van der Waals surface area contributed by atoms with Crippen LogP contribution >= 0.6 is 0 Å². The Labute approximate surface area is 249 Å². The van der Waals surface area contributed by atoms with Gasteiger partial charge in [-0.2, -0.15) is 13.2 Å². The van der Waals surface area contributed by atoms with Gasteiger partial charge in [-0.15, -0.1) is 0 Å². The second kappa shape index (κ2) is 14.5. The molecule has 1 N–H and O–H groups in total. The van der Waals surface area contributed by atoms with Gasteiger partial charge >= 0.3 is 36.1 Å². The number of para-hydroxylation sites is 1. The molecule has 15 heteroatoms. The first-order valence-corrected chi connectivity index (χ1v) is 12.9. The number of nitrogens with one attached hydrogen (secondary N) is 1. The summed E-state index contributed by atoms with van der Waals surface area (Å²) in [5.41, 5.74) is 0.812. The van der Waals surface area contributed by atoms with Gasteiger partial charge in [0.05, 0.1) is 18.4 Å². The largest absolute Gasteiger partial charge is 0.467 e. The van der Waals surface area contributed by atoms with E-state index in [1.165, 1.54) is 24.3 Å². The third kappa shape index (κ3) is 8.12. The minimum absolute atomic E-state index is 0.0518. The molecule has 5 unspecified atom stereocenters. The number of carbonyl (C=O) groups excluding carboxylic acids is 5. The number of halogens is 3. The molecule has 1 fully saturated rings. The Morgan fingerprint density at radius 3 is 2.09 bits per heavy atom. The van der Waals surface area contributed by atoms with E-state index in [1.54, 1.807) is 30.3 Å². The lowest BCUT2D eigenvalue weighted by Gasteiger charge is -2.44. The molecule has 2 aromatic rings. The van der Waals surface area contributed by atoms with Crippen LogP contribution in [0.15, 0.2) is 61.2 Å².